The monoisotopic (exact) mass is 497 g/mol. The molecule has 0 aliphatic carbocycles. The first-order valence-corrected chi connectivity index (χ1v) is 12.2. The molecule has 0 heterocycles. The van der Waals surface area contributed by atoms with Gasteiger partial charge in [0.1, 0.15) is 6.54 Å². The maximum Gasteiger partial charge on any atom is 0.264 e. The van der Waals surface area contributed by atoms with Gasteiger partial charge in [0.15, 0.2) is 0 Å². The van der Waals surface area contributed by atoms with E-state index in [4.69, 9.17) is 11.6 Å². The predicted molar refractivity (Wildman–Crippen MR) is 135 cm³/mol. The second-order valence-electron chi connectivity index (χ2n) is 7.40. The molecule has 7 nitrogen and oxygen atoms in total. The summed E-state index contributed by atoms with van der Waals surface area (Å²) in [6.45, 7) is 5.14. The van der Waals surface area contributed by atoms with Crippen molar-refractivity contribution in [1.82, 2.24) is 5.32 Å². The number of hydrogen-bond donors (Lipinski definition) is 2. The Bertz CT molecular complexity index is 1310. The summed E-state index contributed by atoms with van der Waals surface area (Å²) >= 11 is 6.10. The second-order valence-corrected chi connectivity index (χ2v) is 9.70. The van der Waals surface area contributed by atoms with Gasteiger partial charge in [0.25, 0.3) is 15.9 Å². The number of amides is 2. The van der Waals surface area contributed by atoms with Crippen molar-refractivity contribution < 1.29 is 18.0 Å². The van der Waals surface area contributed by atoms with Gasteiger partial charge in [-0.15, -0.1) is 6.58 Å². The van der Waals surface area contributed by atoms with E-state index in [2.05, 4.69) is 17.2 Å². The summed E-state index contributed by atoms with van der Waals surface area (Å²) in [6, 6.07) is 19.0. The highest BCUT2D eigenvalue weighted by molar-refractivity contribution is 7.92. The molecule has 2 amide bonds. The van der Waals surface area contributed by atoms with E-state index < -0.39 is 28.4 Å². The molecule has 0 atom stereocenters. The molecule has 9 heteroatoms. The standard InChI is InChI=1S/C25H24ClN3O4S/c1-3-15-27-25(31)22-9-4-5-10-23(22)28-24(30)17-29(20-8-6-7-19(26)16-20)34(32,33)21-13-11-18(2)12-14-21/h3-14,16H,1,15,17H2,2H3,(H,27,31)(H,28,30). The average Bonchev–Trinajstić information content (AvgIpc) is 2.81. The largest absolute Gasteiger partial charge is 0.349 e. The summed E-state index contributed by atoms with van der Waals surface area (Å²) < 4.78 is 27.9. The zero-order valence-corrected chi connectivity index (χ0v) is 20.1. The molecule has 0 aromatic heterocycles. The Kier molecular flexibility index (Phi) is 8.09. The lowest BCUT2D eigenvalue weighted by Gasteiger charge is -2.24. The van der Waals surface area contributed by atoms with Gasteiger partial charge in [-0.25, -0.2) is 8.42 Å². The summed E-state index contributed by atoms with van der Waals surface area (Å²) in [5.41, 5.74) is 1.64. The van der Waals surface area contributed by atoms with E-state index in [1.165, 1.54) is 24.3 Å². The number of anilines is 2. The zero-order chi connectivity index (χ0) is 24.7. The van der Waals surface area contributed by atoms with E-state index in [0.29, 0.717) is 5.02 Å². The highest BCUT2D eigenvalue weighted by Gasteiger charge is 2.28. The molecule has 0 saturated carbocycles. The van der Waals surface area contributed by atoms with Crippen molar-refractivity contribution in [2.75, 3.05) is 22.7 Å². The minimum absolute atomic E-state index is 0.0371. The topological polar surface area (TPSA) is 95.6 Å². The van der Waals surface area contributed by atoms with Gasteiger partial charge in [0.05, 0.1) is 21.8 Å². The molecule has 0 spiro atoms. The number of nitrogens with one attached hydrogen (secondary N) is 2. The van der Waals surface area contributed by atoms with Gasteiger partial charge in [-0.1, -0.05) is 53.6 Å². The Morgan fingerprint density at radius 1 is 1.03 bits per heavy atom. The first-order valence-electron chi connectivity index (χ1n) is 10.4. The third-order valence-electron chi connectivity index (χ3n) is 4.85. The van der Waals surface area contributed by atoms with Crippen molar-refractivity contribution in [3.05, 3.63) is 102 Å². The van der Waals surface area contributed by atoms with E-state index in [9.17, 15) is 18.0 Å². The molecule has 3 aromatic carbocycles. The average molecular weight is 498 g/mol. The third kappa shape index (κ3) is 6.03. The number of benzene rings is 3. The van der Waals surface area contributed by atoms with Gasteiger partial charge >= 0.3 is 0 Å². The molecule has 176 valence electrons. The molecule has 0 unspecified atom stereocenters. The predicted octanol–water partition coefficient (Wildman–Crippen LogP) is 4.40. The molecule has 0 radical (unpaired) electrons. The smallest absolute Gasteiger partial charge is 0.264 e. The number of rotatable bonds is 9. The molecule has 3 aromatic rings. The van der Waals surface area contributed by atoms with Crippen molar-refractivity contribution >= 4 is 44.8 Å². The normalized spacial score (nSPS) is 10.9. The first-order chi connectivity index (χ1) is 16.2. The van der Waals surface area contributed by atoms with E-state index in [-0.39, 0.29) is 28.4 Å². The fourth-order valence-electron chi connectivity index (χ4n) is 3.15. The van der Waals surface area contributed by atoms with Crippen LogP contribution in [0.5, 0.6) is 0 Å². The maximum absolute atomic E-state index is 13.5. The Hall–Kier alpha value is -3.62. The van der Waals surface area contributed by atoms with Gasteiger partial charge in [-0.3, -0.25) is 13.9 Å². The van der Waals surface area contributed by atoms with E-state index in [1.54, 1.807) is 54.6 Å². The highest BCUT2D eigenvalue weighted by Crippen LogP contribution is 2.26. The summed E-state index contributed by atoms with van der Waals surface area (Å²) in [7, 11) is -4.09. The Balaban J connectivity index is 1.92. The quantitative estimate of drug-likeness (QED) is 0.428. The van der Waals surface area contributed by atoms with Crippen molar-refractivity contribution in [1.29, 1.82) is 0 Å². The molecule has 0 aliphatic rings. The molecule has 0 bridgehead atoms. The number of sulfonamides is 1. The van der Waals surface area contributed by atoms with Crippen molar-refractivity contribution in [2.45, 2.75) is 11.8 Å². The van der Waals surface area contributed by atoms with Crippen LogP contribution in [-0.2, 0) is 14.8 Å². The second kappa shape index (κ2) is 11.0. The first kappa shape index (κ1) is 25.0. The third-order valence-corrected chi connectivity index (χ3v) is 6.87. The van der Waals surface area contributed by atoms with Crippen LogP contribution < -0.4 is 14.9 Å². The van der Waals surface area contributed by atoms with Gasteiger partial charge in [-0.2, -0.15) is 0 Å². The van der Waals surface area contributed by atoms with Crippen LogP contribution in [0.2, 0.25) is 5.02 Å². The van der Waals surface area contributed by atoms with Gasteiger partial charge in [-0.05, 0) is 49.4 Å². The Morgan fingerprint density at radius 3 is 2.41 bits per heavy atom. The molecule has 34 heavy (non-hydrogen) atoms. The van der Waals surface area contributed by atoms with Crippen molar-refractivity contribution in [2.24, 2.45) is 0 Å². The van der Waals surface area contributed by atoms with Crippen LogP contribution in [0.15, 0.2) is 90.3 Å². The van der Waals surface area contributed by atoms with Gasteiger partial charge in [0, 0.05) is 11.6 Å². The number of halogens is 1. The van der Waals surface area contributed by atoms with Crippen molar-refractivity contribution in [3.63, 3.8) is 0 Å². The van der Waals surface area contributed by atoms with Gasteiger partial charge < -0.3 is 10.6 Å². The molecule has 3 rings (SSSR count). The van der Waals surface area contributed by atoms with Gasteiger partial charge in [0.2, 0.25) is 5.91 Å². The van der Waals surface area contributed by atoms with Crippen molar-refractivity contribution in [3.8, 4) is 0 Å². The summed E-state index contributed by atoms with van der Waals surface area (Å²) in [4.78, 5) is 25.5. The van der Waals surface area contributed by atoms with Crippen LogP contribution in [0.3, 0.4) is 0 Å². The van der Waals surface area contributed by atoms with E-state index >= 15 is 0 Å². The summed E-state index contributed by atoms with van der Waals surface area (Å²) in [5.74, 6) is -1.02. The van der Waals surface area contributed by atoms with Crippen LogP contribution in [-0.4, -0.2) is 33.3 Å². The molecular weight excluding hydrogens is 474 g/mol. The number of aryl methyl sites for hydroxylation is 1. The number of para-hydroxylation sites is 1. The Morgan fingerprint density at radius 2 is 1.74 bits per heavy atom. The molecule has 0 saturated heterocycles. The lowest BCUT2D eigenvalue weighted by Crippen LogP contribution is -2.38. The Labute approximate surface area is 204 Å². The van der Waals surface area contributed by atoms with E-state index in [1.807, 2.05) is 6.92 Å². The minimum atomic E-state index is -4.09. The number of hydrogen-bond acceptors (Lipinski definition) is 4. The summed E-state index contributed by atoms with van der Waals surface area (Å²) in [6.07, 6.45) is 1.54. The molecule has 0 aliphatic heterocycles. The number of carbonyl (C=O) groups excluding carboxylic acids is 2. The lowest BCUT2D eigenvalue weighted by molar-refractivity contribution is -0.114. The number of nitrogens with zero attached hydrogens (tertiary/aromatic N) is 1. The van der Waals surface area contributed by atoms with Crippen LogP contribution in [0.25, 0.3) is 0 Å². The van der Waals surface area contributed by atoms with Crippen LogP contribution >= 0.6 is 11.6 Å². The summed E-state index contributed by atoms with van der Waals surface area (Å²) in [5, 5.41) is 5.63. The number of carbonyl (C=O) groups is 2. The fraction of sp³-hybridized carbons (Fsp3) is 0.120. The minimum Gasteiger partial charge on any atom is -0.349 e. The van der Waals surface area contributed by atoms with Crippen LogP contribution in [0.1, 0.15) is 15.9 Å². The maximum atomic E-state index is 13.5. The molecule has 2 N–H and O–H groups in total. The van der Waals surface area contributed by atoms with E-state index in [0.717, 1.165) is 9.87 Å². The zero-order valence-electron chi connectivity index (χ0n) is 18.5. The molecular formula is C25H24ClN3O4S. The fourth-order valence-corrected chi connectivity index (χ4v) is 4.75. The van der Waals surface area contributed by atoms with Crippen LogP contribution in [0, 0.1) is 6.92 Å². The highest BCUT2D eigenvalue weighted by atomic mass is 35.5. The molecule has 0 fully saturated rings. The SMILES string of the molecule is C=CCNC(=O)c1ccccc1NC(=O)CN(c1cccc(Cl)c1)S(=O)(=O)c1ccc(C)cc1. The van der Waals surface area contributed by atoms with Crippen LogP contribution in [0.4, 0.5) is 11.4 Å². The lowest BCUT2D eigenvalue weighted by atomic mass is 10.1.